The molecule has 148 valence electrons. The van der Waals surface area contributed by atoms with Gasteiger partial charge in [-0.15, -0.1) is 0 Å². The zero-order valence-corrected chi connectivity index (χ0v) is 16.3. The Morgan fingerprint density at radius 2 is 1.93 bits per heavy atom. The van der Waals surface area contributed by atoms with Crippen LogP contribution in [0.3, 0.4) is 0 Å². The summed E-state index contributed by atoms with van der Waals surface area (Å²) in [4.78, 5) is 24.4. The molecule has 0 saturated carbocycles. The third-order valence-electron chi connectivity index (χ3n) is 4.54. The van der Waals surface area contributed by atoms with Crippen LogP contribution < -0.4 is 16.0 Å². The first-order valence-electron chi connectivity index (χ1n) is 9.33. The molecule has 0 spiro atoms. The molecular weight excluding hydrogens is 349 g/mol. The Morgan fingerprint density at radius 1 is 1.26 bits per heavy atom. The Labute approximate surface area is 159 Å². The van der Waals surface area contributed by atoms with Crippen LogP contribution in [-0.4, -0.2) is 31.2 Å². The van der Waals surface area contributed by atoms with E-state index < -0.39 is 12.0 Å². The van der Waals surface area contributed by atoms with Crippen LogP contribution in [0.4, 0.5) is 9.18 Å². The Hall–Kier alpha value is -2.41. The van der Waals surface area contributed by atoms with Crippen molar-refractivity contribution in [2.24, 2.45) is 5.92 Å². The number of hydrogen-bond donors (Lipinski definition) is 3. The second-order valence-electron chi connectivity index (χ2n) is 6.83. The fourth-order valence-electron chi connectivity index (χ4n) is 3.22. The zero-order valence-electron chi connectivity index (χ0n) is 16.3. The van der Waals surface area contributed by atoms with Crippen molar-refractivity contribution < 1.29 is 18.7 Å². The number of carbonyl (C=O) groups is 2. The monoisotopic (exact) mass is 377 g/mol. The highest BCUT2D eigenvalue weighted by Crippen LogP contribution is 2.23. The van der Waals surface area contributed by atoms with Crippen molar-refractivity contribution in [3.63, 3.8) is 0 Å². The summed E-state index contributed by atoms with van der Waals surface area (Å²) in [6, 6.07) is 5.54. The minimum absolute atomic E-state index is 0.0617. The van der Waals surface area contributed by atoms with Crippen LogP contribution in [0, 0.1) is 11.7 Å². The summed E-state index contributed by atoms with van der Waals surface area (Å²) < 4.78 is 18.4. The normalized spacial score (nSPS) is 18.1. The molecule has 1 aliphatic rings. The quantitative estimate of drug-likeness (QED) is 0.609. The van der Waals surface area contributed by atoms with E-state index >= 15 is 0 Å². The molecule has 1 heterocycles. The molecule has 27 heavy (non-hydrogen) atoms. The van der Waals surface area contributed by atoms with Crippen LogP contribution in [-0.2, 0) is 9.53 Å². The smallest absolute Gasteiger partial charge is 0.337 e. The van der Waals surface area contributed by atoms with Crippen molar-refractivity contribution in [2.75, 3.05) is 13.2 Å². The van der Waals surface area contributed by atoms with Crippen molar-refractivity contribution in [3.05, 3.63) is 46.9 Å². The Bertz CT molecular complexity index is 701. The third kappa shape index (κ3) is 5.29. The average Bonchev–Trinajstić information content (AvgIpc) is 2.62. The van der Waals surface area contributed by atoms with E-state index in [1.165, 1.54) is 12.1 Å². The molecule has 0 aromatic heterocycles. The zero-order chi connectivity index (χ0) is 20.0. The first kappa shape index (κ1) is 20.9. The Balaban J connectivity index is 2.27. The maximum atomic E-state index is 13.2. The molecule has 0 fully saturated rings. The van der Waals surface area contributed by atoms with Gasteiger partial charge in [0.15, 0.2) is 0 Å². The number of hydrogen-bond acceptors (Lipinski definition) is 4. The molecule has 3 N–H and O–H groups in total. The topological polar surface area (TPSA) is 79.5 Å². The standard InChI is InChI=1S/C20H28FN3O3/c1-5-15-17(19(25)27-6-2)16(24-20(26)23-15)11-22-18(12(3)4)13-7-9-14(21)10-8-13/h7-10,12,15,18,22H,5-6,11H2,1-4H3,(H2,23,24,26)/t15-,18+/m0/s1. The van der Waals surface area contributed by atoms with E-state index in [2.05, 4.69) is 29.8 Å². The number of rotatable bonds is 8. The molecule has 6 nitrogen and oxygen atoms in total. The minimum atomic E-state index is -0.434. The van der Waals surface area contributed by atoms with Crippen molar-refractivity contribution in [1.82, 2.24) is 16.0 Å². The number of urea groups is 1. The highest BCUT2D eigenvalue weighted by Gasteiger charge is 2.31. The van der Waals surface area contributed by atoms with Crippen molar-refractivity contribution in [3.8, 4) is 0 Å². The number of nitrogens with one attached hydrogen (secondary N) is 3. The van der Waals surface area contributed by atoms with Crippen LogP contribution >= 0.6 is 0 Å². The molecule has 2 amide bonds. The molecule has 0 bridgehead atoms. The van der Waals surface area contributed by atoms with Gasteiger partial charge in [0.25, 0.3) is 0 Å². The summed E-state index contributed by atoms with van der Waals surface area (Å²) in [5, 5.41) is 8.87. The molecule has 1 aliphatic heterocycles. The van der Waals surface area contributed by atoms with Gasteiger partial charge in [-0.2, -0.15) is 0 Å². The lowest BCUT2D eigenvalue weighted by atomic mass is 9.95. The lowest BCUT2D eigenvalue weighted by Gasteiger charge is -2.30. The van der Waals surface area contributed by atoms with E-state index in [4.69, 9.17) is 4.74 Å². The van der Waals surface area contributed by atoms with Crippen LogP contribution in [0.5, 0.6) is 0 Å². The van der Waals surface area contributed by atoms with Crippen LogP contribution in [0.15, 0.2) is 35.5 Å². The molecule has 1 aromatic carbocycles. The lowest BCUT2D eigenvalue weighted by Crippen LogP contribution is -2.52. The molecule has 0 radical (unpaired) electrons. The predicted octanol–water partition coefficient (Wildman–Crippen LogP) is 3.02. The van der Waals surface area contributed by atoms with Gasteiger partial charge >= 0.3 is 12.0 Å². The molecule has 7 heteroatoms. The summed E-state index contributed by atoms with van der Waals surface area (Å²) in [6.45, 7) is 8.30. The van der Waals surface area contributed by atoms with E-state index in [9.17, 15) is 14.0 Å². The van der Waals surface area contributed by atoms with Crippen LogP contribution in [0.1, 0.15) is 45.7 Å². The molecule has 0 aliphatic carbocycles. The first-order valence-corrected chi connectivity index (χ1v) is 9.33. The van der Waals surface area contributed by atoms with Crippen LogP contribution in [0.25, 0.3) is 0 Å². The summed E-state index contributed by atoms with van der Waals surface area (Å²) in [5.74, 6) is -0.497. The van der Waals surface area contributed by atoms with Gasteiger partial charge in [0, 0.05) is 18.3 Å². The lowest BCUT2D eigenvalue weighted by molar-refractivity contribution is -0.139. The van der Waals surface area contributed by atoms with E-state index in [0.717, 1.165) is 5.56 Å². The SMILES string of the molecule is CCOC(=O)C1=C(CN[C@@H](c2ccc(F)cc2)C(C)C)NC(=O)N[C@H]1CC. The second kappa shape index (κ2) is 9.50. The van der Waals surface area contributed by atoms with Gasteiger partial charge in [-0.05, 0) is 37.0 Å². The van der Waals surface area contributed by atoms with Gasteiger partial charge in [0.05, 0.1) is 18.2 Å². The number of halogens is 1. The maximum Gasteiger partial charge on any atom is 0.337 e. The van der Waals surface area contributed by atoms with Crippen LogP contribution in [0.2, 0.25) is 0 Å². The van der Waals surface area contributed by atoms with Crippen molar-refractivity contribution >= 4 is 12.0 Å². The second-order valence-corrected chi connectivity index (χ2v) is 6.83. The van der Waals surface area contributed by atoms with Gasteiger partial charge < -0.3 is 20.7 Å². The highest BCUT2D eigenvalue weighted by atomic mass is 19.1. The summed E-state index contributed by atoms with van der Waals surface area (Å²) in [7, 11) is 0. The van der Waals surface area contributed by atoms with Gasteiger partial charge in [0.1, 0.15) is 5.82 Å². The Morgan fingerprint density at radius 3 is 2.48 bits per heavy atom. The highest BCUT2D eigenvalue weighted by molar-refractivity contribution is 5.94. The predicted molar refractivity (Wildman–Crippen MR) is 101 cm³/mol. The molecule has 2 atom stereocenters. The summed E-state index contributed by atoms with van der Waals surface area (Å²) >= 11 is 0. The van der Waals surface area contributed by atoms with E-state index in [1.54, 1.807) is 19.1 Å². The van der Waals surface area contributed by atoms with Crippen molar-refractivity contribution in [2.45, 2.75) is 46.2 Å². The molecule has 0 unspecified atom stereocenters. The summed E-state index contributed by atoms with van der Waals surface area (Å²) in [6.07, 6.45) is 0.580. The minimum Gasteiger partial charge on any atom is -0.463 e. The van der Waals surface area contributed by atoms with Gasteiger partial charge in [-0.1, -0.05) is 32.9 Å². The van der Waals surface area contributed by atoms with Gasteiger partial charge in [-0.25, -0.2) is 14.0 Å². The molecule has 2 rings (SSSR count). The molecule has 0 saturated heterocycles. The fourth-order valence-corrected chi connectivity index (χ4v) is 3.22. The van der Waals surface area contributed by atoms with E-state index in [1.807, 2.05) is 6.92 Å². The fraction of sp³-hybridized carbons (Fsp3) is 0.500. The average molecular weight is 377 g/mol. The number of benzene rings is 1. The number of carbonyl (C=O) groups excluding carboxylic acids is 2. The van der Waals surface area contributed by atoms with E-state index in [0.29, 0.717) is 17.7 Å². The van der Waals surface area contributed by atoms with Gasteiger partial charge in [-0.3, -0.25) is 0 Å². The maximum absolute atomic E-state index is 13.2. The first-order chi connectivity index (χ1) is 12.9. The molecule has 1 aromatic rings. The van der Waals surface area contributed by atoms with Gasteiger partial charge in [0.2, 0.25) is 0 Å². The van der Waals surface area contributed by atoms with Crippen molar-refractivity contribution in [1.29, 1.82) is 0 Å². The Kier molecular flexibility index (Phi) is 7.36. The number of esters is 1. The summed E-state index contributed by atoms with van der Waals surface area (Å²) in [5.41, 5.74) is 1.89. The third-order valence-corrected chi connectivity index (χ3v) is 4.54. The largest absolute Gasteiger partial charge is 0.463 e. The van der Waals surface area contributed by atoms with E-state index in [-0.39, 0.29) is 37.0 Å². The molecular formula is C20H28FN3O3. The number of ether oxygens (including phenoxy) is 1. The number of amides is 2.